The van der Waals surface area contributed by atoms with Crippen LogP contribution in [0.2, 0.25) is 0 Å². The molecule has 0 bridgehead atoms. The van der Waals surface area contributed by atoms with Crippen LogP contribution in [-0.2, 0) is 17.8 Å². The standard InChI is InChI=1S/C12H12F3NO2/c13-12(14,15)11(18)16-6-2-4-9-8(7-16)3-1-5-10(9)17/h1,3,5,17H,2,4,6-7H2. The van der Waals surface area contributed by atoms with Gasteiger partial charge in [0.1, 0.15) is 5.75 Å². The van der Waals surface area contributed by atoms with E-state index >= 15 is 0 Å². The normalized spacial score (nSPS) is 16.1. The lowest BCUT2D eigenvalue weighted by atomic mass is 10.0. The summed E-state index contributed by atoms with van der Waals surface area (Å²) < 4.78 is 37.1. The predicted octanol–water partition coefficient (Wildman–Crippen LogP) is 2.23. The number of amides is 1. The second-order valence-corrected chi connectivity index (χ2v) is 4.24. The SMILES string of the molecule is O=C(N1CCCc2c(O)cccc2C1)C(F)(F)F. The molecule has 0 atom stereocenters. The van der Waals surface area contributed by atoms with E-state index in [0.717, 1.165) is 4.90 Å². The van der Waals surface area contributed by atoms with Crippen molar-refractivity contribution >= 4 is 5.91 Å². The van der Waals surface area contributed by atoms with E-state index in [1.165, 1.54) is 6.07 Å². The van der Waals surface area contributed by atoms with Crippen LogP contribution < -0.4 is 0 Å². The Kier molecular flexibility index (Phi) is 3.19. The van der Waals surface area contributed by atoms with Gasteiger partial charge >= 0.3 is 12.1 Å². The molecule has 0 saturated carbocycles. The predicted molar refractivity (Wildman–Crippen MR) is 57.9 cm³/mol. The zero-order chi connectivity index (χ0) is 13.3. The van der Waals surface area contributed by atoms with Crippen LogP contribution in [0, 0.1) is 0 Å². The lowest BCUT2D eigenvalue weighted by Crippen LogP contribution is -2.40. The van der Waals surface area contributed by atoms with Crippen LogP contribution in [0.15, 0.2) is 18.2 Å². The van der Waals surface area contributed by atoms with Crippen molar-refractivity contribution < 1.29 is 23.1 Å². The van der Waals surface area contributed by atoms with Crippen LogP contribution in [0.1, 0.15) is 17.5 Å². The molecular weight excluding hydrogens is 247 g/mol. The summed E-state index contributed by atoms with van der Waals surface area (Å²) in [6.45, 7) is -0.0610. The summed E-state index contributed by atoms with van der Waals surface area (Å²) in [6, 6.07) is 4.70. The molecule has 6 heteroatoms. The van der Waals surface area contributed by atoms with Gasteiger partial charge in [-0.25, -0.2) is 0 Å². The molecule has 2 rings (SSSR count). The molecule has 1 aromatic rings. The fraction of sp³-hybridized carbons (Fsp3) is 0.417. The molecule has 1 N–H and O–H groups in total. The molecule has 1 aliphatic heterocycles. The third-order valence-corrected chi connectivity index (χ3v) is 2.99. The maximum Gasteiger partial charge on any atom is 0.471 e. The molecule has 0 radical (unpaired) electrons. The summed E-state index contributed by atoms with van der Waals surface area (Å²) in [5.41, 5.74) is 1.21. The fourth-order valence-corrected chi connectivity index (χ4v) is 2.14. The van der Waals surface area contributed by atoms with Crippen LogP contribution in [0.5, 0.6) is 5.75 Å². The van der Waals surface area contributed by atoms with Crippen molar-refractivity contribution in [2.75, 3.05) is 6.54 Å². The highest BCUT2D eigenvalue weighted by Gasteiger charge is 2.42. The van der Waals surface area contributed by atoms with Crippen molar-refractivity contribution in [3.63, 3.8) is 0 Å². The average molecular weight is 259 g/mol. The van der Waals surface area contributed by atoms with Gasteiger partial charge in [0.05, 0.1) is 0 Å². The number of hydrogen-bond donors (Lipinski definition) is 1. The highest BCUT2D eigenvalue weighted by Crippen LogP contribution is 2.28. The van der Waals surface area contributed by atoms with E-state index in [0.29, 0.717) is 24.0 Å². The first-order valence-corrected chi connectivity index (χ1v) is 5.55. The Hall–Kier alpha value is -1.72. The summed E-state index contributed by atoms with van der Waals surface area (Å²) in [6.07, 6.45) is -3.96. The van der Waals surface area contributed by atoms with E-state index in [9.17, 15) is 23.1 Å². The number of fused-ring (bicyclic) bond motifs is 1. The number of phenolic OH excluding ortho intramolecular Hbond substituents is 1. The third kappa shape index (κ3) is 2.42. The molecule has 0 unspecified atom stereocenters. The van der Waals surface area contributed by atoms with Crippen molar-refractivity contribution in [2.45, 2.75) is 25.6 Å². The lowest BCUT2D eigenvalue weighted by Gasteiger charge is -2.22. The minimum Gasteiger partial charge on any atom is -0.508 e. The van der Waals surface area contributed by atoms with Crippen molar-refractivity contribution in [3.8, 4) is 5.75 Å². The van der Waals surface area contributed by atoms with E-state index in [2.05, 4.69) is 0 Å². The summed E-state index contributed by atoms with van der Waals surface area (Å²) in [5.74, 6) is -1.74. The van der Waals surface area contributed by atoms with Gasteiger partial charge in [-0.05, 0) is 30.0 Å². The van der Waals surface area contributed by atoms with Gasteiger partial charge in [0.15, 0.2) is 0 Å². The summed E-state index contributed by atoms with van der Waals surface area (Å²) in [4.78, 5) is 12.0. The zero-order valence-electron chi connectivity index (χ0n) is 9.50. The van der Waals surface area contributed by atoms with E-state index in [4.69, 9.17) is 0 Å². The number of aromatic hydroxyl groups is 1. The van der Waals surface area contributed by atoms with E-state index < -0.39 is 12.1 Å². The number of halogens is 3. The van der Waals surface area contributed by atoms with Crippen LogP contribution in [0.25, 0.3) is 0 Å². The third-order valence-electron chi connectivity index (χ3n) is 2.99. The Morgan fingerprint density at radius 2 is 2.06 bits per heavy atom. The molecule has 1 heterocycles. The lowest BCUT2D eigenvalue weighted by molar-refractivity contribution is -0.186. The van der Waals surface area contributed by atoms with Crippen LogP contribution in [-0.4, -0.2) is 28.6 Å². The van der Waals surface area contributed by atoms with Crippen LogP contribution in [0.3, 0.4) is 0 Å². The molecule has 0 spiro atoms. The topological polar surface area (TPSA) is 40.5 Å². The fourth-order valence-electron chi connectivity index (χ4n) is 2.14. The van der Waals surface area contributed by atoms with Crippen molar-refractivity contribution in [2.24, 2.45) is 0 Å². The van der Waals surface area contributed by atoms with Crippen molar-refractivity contribution in [1.29, 1.82) is 0 Å². The molecule has 1 aliphatic rings. The Bertz CT molecular complexity index is 471. The van der Waals surface area contributed by atoms with Gasteiger partial charge in [0.25, 0.3) is 0 Å². The van der Waals surface area contributed by atoms with Gasteiger partial charge in [0.2, 0.25) is 0 Å². The second-order valence-electron chi connectivity index (χ2n) is 4.24. The highest BCUT2D eigenvalue weighted by molar-refractivity contribution is 5.82. The van der Waals surface area contributed by atoms with Gasteiger partial charge in [-0.1, -0.05) is 12.1 Å². The summed E-state index contributed by atoms with van der Waals surface area (Å²) in [5, 5.41) is 9.64. The molecule has 98 valence electrons. The maximum atomic E-state index is 12.4. The Balaban J connectivity index is 2.27. The number of hydrogen-bond acceptors (Lipinski definition) is 2. The smallest absolute Gasteiger partial charge is 0.471 e. The van der Waals surface area contributed by atoms with E-state index in [1.54, 1.807) is 12.1 Å². The number of rotatable bonds is 0. The van der Waals surface area contributed by atoms with Gasteiger partial charge in [-0.3, -0.25) is 4.79 Å². The molecule has 0 aliphatic carbocycles. The van der Waals surface area contributed by atoms with Gasteiger partial charge in [0, 0.05) is 13.1 Å². The number of nitrogens with zero attached hydrogens (tertiary/aromatic N) is 1. The Morgan fingerprint density at radius 1 is 1.33 bits per heavy atom. The molecule has 18 heavy (non-hydrogen) atoms. The number of carbonyl (C=O) groups excluding carboxylic acids is 1. The number of alkyl halides is 3. The number of phenols is 1. The van der Waals surface area contributed by atoms with Gasteiger partial charge < -0.3 is 10.0 Å². The summed E-state index contributed by atoms with van der Waals surface area (Å²) >= 11 is 0. The average Bonchev–Trinajstić information content (AvgIpc) is 2.50. The quantitative estimate of drug-likeness (QED) is 0.776. The Labute approximate surface area is 102 Å². The number of carbonyl (C=O) groups is 1. The van der Waals surface area contributed by atoms with E-state index in [-0.39, 0.29) is 18.8 Å². The van der Waals surface area contributed by atoms with Crippen LogP contribution in [0.4, 0.5) is 13.2 Å². The summed E-state index contributed by atoms with van der Waals surface area (Å²) in [7, 11) is 0. The molecule has 0 saturated heterocycles. The van der Waals surface area contributed by atoms with Gasteiger partial charge in [-0.15, -0.1) is 0 Å². The van der Waals surface area contributed by atoms with Crippen molar-refractivity contribution in [3.05, 3.63) is 29.3 Å². The highest BCUT2D eigenvalue weighted by atomic mass is 19.4. The minimum absolute atomic E-state index is 0.0481. The monoisotopic (exact) mass is 259 g/mol. The van der Waals surface area contributed by atoms with E-state index in [1.807, 2.05) is 0 Å². The molecular formula is C12H12F3NO2. The molecule has 1 amide bonds. The zero-order valence-corrected chi connectivity index (χ0v) is 9.50. The molecule has 0 aromatic heterocycles. The Morgan fingerprint density at radius 3 is 2.72 bits per heavy atom. The molecule has 3 nitrogen and oxygen atoms in total. The minimum atomic E-state index is -4.85. The first-order valence-electron chi connectivity index (χ1n) is 5.55. The first-order chi connectivity index (χ1) is 8.39. The van der Waals surface area contributed by atoms with Crippen LogP contribution >= 0.6 is 0 Å². The van der Waals surface area contributed by atoms with Gasteiger partial charge in [-0.2, -0.15) is 13.2 Å². The largest absolute Gasteiger partial charge is 0.508 e. The molecule has 1 aromatic carbocycles. The second kappa shape index (κ2) is 4.51. The maximum absolute atomic E-state index is 12.4. The number of benzene rings is 1. The van der Waals surface area contributed by atoms with Crippen molar-refractivity contribution in [1.82, 2.24) is 4.90 Å². The molecule has 0 fully saturated rings. The first kappa shape index (κ1) is 12.7.